The van der Waals surface area contributed by atoms with E-state index in [9.17, 15) is 9.90 Å². The smallest absolute Gasteiger partial charge is 0.253 e. The van der Waals surface area contributed by atoms with E-state index in [1.165, 1.54) is 5.56 Å². The number of H-pyrrole nitrogens is 1. The van der Waals surface area contributed by atoms with Gasteiger partial charge in [-0.1, -0.05) is 13.8 Å². The molecule has 0 bridgehead atoms. The van der Waals surface area contributed by atoms with Gasteiger partial charge < -0.3 is 20.3 Å². The van der Waals surface area contributed by atoms with Gasteiger partial charge in [0, 0.05) is 30.8 Å². The summed E-state index contributed by atoms with van der Waals surface area (Å²) in [6.45, 7) is 10.2. The summed E-state index contributed by atoms with van der Waals surface area (Å²) in [6, 6.07) is 6.04. The first-order chi connectivity index (χ1) is 12.3. The summed E-state index contributed by atoms with van der Waals surface area (Å²) in [5.74, 6) is 0.475. The molecular formula is C20H29N3O2S. The summed E-state index contributed by atoms with van der Waals surface area (Å²) in [4.78, 5) is 17.5. The molecule has 0 unspecified atom stereocenters. The number of nitrogens with zero attached hydrogens (tertiary/aromatic N) is 1. The molecule has 1 heterocycles. The molecule has 0 aliphatic heterocycles. The van der Waals surface area contributed by atoms with Crippen molar-refractivity contribution in [3.8, 4) is 0 Å². The van der Waals surface area contributed by atoms with Crippen LogP contribution in [0.4, 0.5) is 0 Å². The van der Waals surface area contributed by atoms with Crippen LogP contribution in [0.3, 0.4) is 0 Å². The molecular weight excluding hydrogens is 346 g/mol. The summed E-state index contributed by atoms with van der Waals surface area (Å²) < 4.78 is 0. The normalized spacial score (nSPS) is 11.2. The largest absolute Gasteiger partial charge is 0.396 e. The molecule has 0 fully saturated rings. The second kappa shape index (κ2) is 9.14. The average molecular weight is 376 g/mol. The number of aromatic nitrogens is 1. The zero-order valence-corrected chi connectivity index (χ0v) is 16.9. The molecule has 0 saturated carbocycles. The Balaban J connectivity index is 2.28. The number of aryl methyl sites for hydroxylation is 2. The number of fused-ring (bicyclic) bond motifs is 1. The van der Waals surface area contributed by atoms with E-state index in [1.807, 2.05) is 24.0 Å². The molecule has 1 aromatic carbocycles. The number of pyridine rings is 1. The minimum Gasteiger partial charge on any atom is -0.396 e. The molecule has 26 heavy (non-hydrogen) atoms. The summed E-state index contributed by atoms with van der Waals surface area (Å²) in [6.07, 6.45) is 0.604. The molecule has 2 aromatic rings. The van der Waals surface area contributed by atoms with Crippen molar-refractivity contribution >= 4 is 28.2 Å². The Hall–Kier alpha value is -1.92. The highest BCUT2D eigenvalue weighted by Gasteiger charge is 2.13. The number of rotatable bonds is 7. The SMILES string of the molecule is Cc1cc2cc(CN(CCCO)C(=S)NCC(C)C)c(=O)[nH]c2cc1C. The van der Waals surface area contributed by atoms with Crippen LogP contribution in [0.5, 0.6) is 0 Å². The third kappa shape index (κ3) is 5.29. The highest BCUT2D eigenvalue weighted by atomic mass is 32.1. The number of aliphatic hydroxyl groups is 1. The highest BCUT2D eigenvalue weighted by molar-refractivity contribution is 7.80. The maximum Gasteiger partial charge on any atom is 0.253 e. The van der Waals surface area contributed by atoms with Gasteiger partial charge in [0.1, 0.15) is 0 Å². The van der Waals surface area contributed by atoms with E-state index in [-0.39, 0.29) is 12.2 Å². The van der Waals surface area contributed by atoms with E-state index in [2.05, 4.69) is 37.1 Å². The van der Waals surface area contributed by atoms with E-state index in [0.717, 1.165) is 23.0 Å². The maximum absolute atomic E-state index is 12.5. The fourth-order valence-electron chi connectivity index (χ4n) is 2.76. The van der Waals surface area contributed by atoms with Crippen molar-refractivity contribution in [1.29, 1.82) is 0 Å². The Morgan fingerprint density at radius 2 is 1.96 bits per heavy atom. The Labute approximate surface area is 160 Å². The number of aliphatic hydroxyl groups excluding tert-OH is 1. The zero-order chi connectivity index (χ0) is 19.3. The maximum atomic E-state index is 12.5. The lowest BCUT2D eigenvalue weighted by molar-refractivity contribution is 0.264. The number of nitrogens with one attached hydrogen (secondary N) is 2. The van der Waals surface area contributed by atoms with Gasteiger partial charge in [-0.25, -0.2) is 0 Å². The number of thiocarbonyl (C=S) groups is 1. The summed E-state index contributed by atoms with van der Waals surface area (Å²) in [5, 5.41) is 14.1. The molecule has 3 N–H and O–H groups in total. The van der Waals surface area contributed by atoms with Crippen molar-refractivity contribution in [3.05, 3.63) is 45.2 Å². The number of hydrogen-bond donors (Lipinski definition) is 3. The number of aromatic amines is 1. The van der Waals surface area contributed by atoms with Crippen LogP contribution in [0.1, 0.15) is 37.0 Å². The molecule has 142 valence electrons. The molecule has 0 spiro atoms. The summed E-state index contributed by atoms with van der Waals surface area (Å²) in [7, 11) is 0. The second-order valence-corrected chi connectivity index (χ2v) is 7.61. The van der Waals surface area contributed by atoms with Crippen LogP contribution >= 0.6 is 12.2 Å². The van der Waals surface area contributed by atoms with Gasteiger partial charge in [0.05, 0.1) is 6.54 Å². The second-order valence-electron chi connectivity index (χ2n) is 7.23. The van der Waals surface area contributed by atoms with Crippen molar-refractivity contribution in [1.82, 2.24) is 15.2 Å². The lowest BCUT2D eigenvalue weighted by atomic mass is 10.0. The Morgan fingerprint density at radius 3 is 2.62 bits per heavy atom. The van der Waals surface area contributed by atoms with Crippen LogP contribution in [-0.2, 0) is 6.54 Å². The highest BCUT2D eigenvalue weighted by Crippen LogP contribution is 2.18. The first-order valence-electron chi connectivity index (χ1n) is 9.08. The monoisotopic (exact) mass is 375 g/mol. The standard InChI is InChI=1S/C20H29N3O2S/c1-13(2)11-21-20(26)23(6-5-7-24)12-17-10-16-8-14(3)15(4)9-18(16)22-19(17)25/h8-10,13,24H,5-7,11-12H2,1-4H3,(H,21,26)(H,22,25). The van der Waals surface area contributed by atoms with Crippen molar-refractivity contribution < 1.29 is 5.11 Å². The van der Waals surface area contributed by atoms with Crippen molar-refractivity contribution in [2.75, 3.05) is 19.7 Å². The van der Waals surface area contributed by atoms with E-state index in [1.54, 1.807) is 0 Å². The molecule has 6 heteroatoms. The summed E-state index contributed by atoms with van der Waals surface area (Å²) in [5.41, 5.74) is 3.78. The summed E-state index contributed by atoms with van der Waals surface area (Å²) >= 11 is 5.50. The lowest BCUT2D eigenvalue weighted by Gasteiger charge is -2.26. The fraction of sp³-hybridized carbons (Fsp3) is 0.500. The first-order valence-corrected chi connectivity index (χ1v) is 9.49. The van der Waals surface area contributed by atoms with E-state index < -0.39 is 0 Å². The van der Waals surface area contributed by atoms with Gasteiger partial charge in [0.25, 0.3) is 5.56 Å². The van der Waals surface area contributed by atoms with Crippen LogP contribution < -0.4 is 10.9 Å². The quantitative estimate of drug-likeness (QED) is 0.649. The van der Waals surface area contributed by atoms with E-state index in [4.69, 9.17) is 12.2 Å². The molecule has 5 nitrogen and oxygen atoms in total. The third-order valence-corrected chi connectivity index (χ3v) is 4.83. The molecule has 1 aromatic heterocycles. The number of hydrogen-bond acceptors (Lipinski definition) is 3. The molecule has 0 atom stereocenters. The lowest BCUT2D eigenvalue weighted by Crippen LogP contribution is -2.42. The van der Waals surface area contributed by atoms with Gasteiger partial charge >= 0.3 is 0 Å². The zero-order valence-electron chi connectivity index (χ0n) is 16.1. The molecule has 2 rings (SSSR count). The van der Waals surface area contributed by atoms with Gasteiger partial charge in [-0.05, 0) is 73.1 Å². The van der Waals surface area contributed by atoms with Crippen LogP contribution in [-0.4, -0.2) is 39.8 Å². The van der Waals surface area contributed by atoms with E-state index in [0.29, 0.717) is 36.1 Å². The van der Waals surface area contributed by atoms with Gasteiger partial charge in [-0.3, -0.25) is 4.79 Å². The Morgan fingerprint density at radius 1 is 1.27 bits per heavy atom. The fourth-order valence-corrected chi connectivity index (χ4v) is 3.00. The van der Waals surface area contributed by atoms with Crippen LogP contribution in [0.2, 0.25) is 0 Å². The predicted octanol–water partition coefficient (Wildman–Crippen LogP) is 2.86. The van der Waals surface area contributed by atoms with Gasteiger partial charge in [0.2, 0.25) is 0 Å². The average Bonchev–Trinajstić information content (AvgIpc) is 2.58. The first kappa shape index (κ1) is 20.4. The van der Waals surface area contributed by atoms with Crippen LogP contribution in [0, 0.1) is 19.8 Å². The minimum atomic E-state index is -0.0959. The Bertz CT molecular complexity index is 830. The Kier molecular flexibility index (Phi) is 7.17. The van der Waals surface area contributed by atoms with Crippen LogP contribution in [0.25, 0.3) is 10.9 Å². The van der Waals surface area contributed by atoms with Crippen LogP contribution in [0.15, 0.2) is 23.0 Å². The third-order valence-electron chi connectivity index (χ3n) is 4.43. The van der Waals surface area contributed by atoms with E-state index >= 15 is 0 Å². The predicted molar refractivity (Wildman–Crippen MR) is 112 cm³/mol. The van der Waals surface area contributed by atoms with Crippen molar-refractivity contribution in [2.45, 2.75) is 40.7 Å². The minimum absolute atomic E-state index is 0.0931. The molecule has 0 amide bonds. The molecule has 0 radical (unpaired) electrons. The van der Waals surface area contributed by atoms with Gasteiger partial charge in [-0.15, -0.1) is 0 Å². The molecule has 0 aliphatic rings. The van der Waals surface area contributed by atoms with Gasteiger partial charge in [0.15, 0.2) is 5.11 Å². The van der Waals surface area contributed by atoms with Crippen molar-refractivity contribution in [2.24, 2.45) is 5.92 Å². The molecule has 0 aliphatic carbocycles. The topological polar surface area (TPSA) is 68.4 Å². The van der Waals surface area contributed by atoms with Crippen molar-refractivity contribution in [3.63, 3.8) is 0 Å². The molecule has 0 saturated heterocycles. The number of benzene rings is 1. The van der Waals surface area contributed by atoms with Gasteiger partial charge in [-0.2, -0.15) is 0 Å².